The number of hydrogen-bond donors (Lipinski definition) is 0. The van der Waals surface area contributed by atoms with Crippen molar-refractivity contribution in [1.29, 1.82) is 0 Å². The third-order valence-corrected chi connectivity index (χ3v) is 3.91. The third kappa shape index (κ3) is 1.79. The normalized spacial score (nSPS) is 19.5. The zero-order chi connectivity index (χ0) is 11.8. The Labute approximate surface area is 97.9 Å². The van der Waals surface area contributed by atoms with Gasteiger partial charge in [-0.25, -0.2) is 0 Å². The van der Waals surface area contributed by atoms with Gasteiger partial charge in [0, 0.05) is 5.41 Å². The van der Waals surface area contributed by atoms with Crippen LogP contribution < -0.4 is 0 Å². The first-order valence-electron chi connectivity index (χ1n) is 6.14. The fourth-order valence-electron chi connectivity index (χ4n) is 3.02. The molecule has 16 heavy (non-hydrogen) atoms. The number of hydrogen-bond acceptors (Lipinski definition) is 1. The van der Waals surface area contributed by atoms with Gasteiger partial charge in [-0.1, -0.05) is 44.2 Å². The zero-order valence-corrected chi connectivity index (χ0v) is 10.4. The van der Waals surface area contributed by atoms with Crippen molar-refractivity contribution in [2.75, 3.05) is 0 Å². The second-order valence-corrected chi connectivity index (χ2v) is 5.34. The summed E-state index contributed by atoms with van der Waals surface area (Å²) < 4.78 is 0. The summed E-state index contributed by atoms with van der Waals surface area (Å²) in [6.07, 6.45) is 2.14. The molecule has 1 unspecified atom stereocenters. The maximum absolute atomic E-state index is 11.8. The zero-order valence-electron chi connectivity index (χ0n) is 10.4. The predicted octanol–water partition coefficient (Wildman–Crippen LogP) is 3.80. The van der Waals surface area contributed by atoms with Crippen LogP contribution in [-0.2, 0) is 4.79 Å². The van der Waals surface area contributed by atoms with Crippen LogP contribution in [0.3, 0.4) is 0 Å². The molecular formula is C15H20O. The van der Waals surface area contributed by atoms with Crippen molar-refractivity contribution >= 4 is 5.78 Å². The Kier molecular flexibility index (Phi) is 2.88. The molecule has 0 spiro atoms. The minimum Gasteiger partial charge on any atom is -0.299 e. The average Bonchev–Trinajstić information content (AvgIpc) is 3.00. The molecule has 0 amide bonds. The van der Waals surface area contributed by atoms with Crippen LogP contribution in [0.2, 0.25) is 0 Å². The van der Waals surface area contributed by atoms with Gasteiger partial charge in [0.25, 0.3) is 0 Å². The lowest BCUT2D eigenvalue weighted by Crippen LogP contribution is -2.25. The van der Waals surface area contributed by atoms with Gasteiger partial charge in [-0.2, -0.15) is 0 Å². The molecule has 0 radical (unpaired) electrons. The summed E-state index contributed by atoms with van der Waals surface area (Å²) in [6, 6.07) is 10.5. The highest BCUT2D eigenvalue weighted by atomic mass is 16.1. The minimum atomic E-state index is -0.0461. The number of ketones is 1. The highest BCUT2D eigenvalue weighted by molar-refractivity contribution is 5.86. The highest BCUT2D eigenvalue weighted by Gasteiger charge is 2.54. The van der Waals surface area contributed by atoms with Gasteiger partial charge in [0.1, 0.15) is 5.78 Å². The van der Waals surface area contributed by atoms with Crippen molar-refractivity contribution in [3.05, 3.63) is 35.9 Å². The van der Waals surface area contributed by atoms with Crippen LogP contribution in [0.1, 0.15) is 45.1 Å². The van der Waals surface area contributed by atoms with E-state index in [-0.39, 0.29) is 5.41 Å². The van der Waals surface area contributed by atoms with Crippen molar-refractivity contribution in [3.8, 4) is 0 Å². The molecule has 0 saturated heterocycles. The van der Waals surface area contributed by atoms with E-state index in [9.17, 15) is 4.79 Å². The molecule has 2 rings (SSSR count). The van der Waals surface area contributed by atoms with Crippen molar-refractivity contribution in [2.45, 2.75) is 39.5 Å². The van der Waals surface area contributed by atoms with Crippen LogP contribution in [0.4, 0.5) is 0 Å². The van der Waals surface area contributed by atoms with Crippen LogP contribution in [0.15, 0.2) is 30.3 Å². The van der Waals surface area contributed by atoms with Gasteiger partial charge in [-0.05, 0) is 37.2 Å². The molecule has 0 N–H and O–H groups in total. The SMILES string of the molecule is CC(=O)C1(C(c2ccccc2)C(C)C)CC1. The summed E-state index contributed by atoms with van der Waals surface area (Å²) in [5.41, 5.74) is 1.28. The molecule has 1 nitrogen and oxygen atoms in total. The molecule has 1 saturated carbocycles. The Morgan fingerprint density at radius 1 is 1.19 bits per heavy atom. The molecular weight excluding hydrogens is 196 g/mol. The van der Waals surface area contributed by atoms with E-state index < -0.39 is 0 Å². The molecule has 1 fully saturated rings. The van der Waals surface area contributed by atoms with Crippen LogP contribution in [0, 0.1) is 11.3 Å². The van der Waals surface area contributed by atoms with Gasteiger partial charge >= 0.3 is 0 Å². The van der Waals surface area contributed by atoms with Gasteiger partial charge in [-0.3, -0.25) is 4.79 Å². The predicted molar refractivity (Wildman–Crippen MR) is 66.4 cm³/mol. The van der Waals surface area contributed by atoms with E-state index in [2.05, 4.69) is 38.1 Å². The van der Waals surface area contributed by atoms with E-state index in [4.69, 9.17) is 0 Å². The summed E-state index contributed by atoms with van der Waals surface area (Å²) in [5, 5.41) is 0. The lowest BCUT2D eigenvalue weighted by molar-refractivity contribution is -0.123. The molecule has 1 aromatic rings. The Morgan fingerprint density at radius 3 is 2.12 bits per heavy atom. The molecule has 1 heteroatoms. The first-order valence-corrected chi connectivity index (χ1v) is 6.14. The lowest BCUT2D eigenvalue weighted by atomic mass is 9.74. The molecule has 0 aromatic heterocycles. The van der Waals surface area contributed by atoms with E-state index in [0.29, 0.717) is 17.6 Å². The van der Waals surface area contributed by atoms with Gasteiger partial charge in [0.05, 0.1) is 0 Å². The number of benzene rings is 1. The molecule has 0 aliphatic heterocycles. The largest absolute Gasteiger partial charge is 0.299 e. The molecule has 86 valence electrons. The maximum atomic E-state index is 11.8. The quantitative estimate of drug-likeness (QED) is 0.748. The molecule has 1 aliphatic rings. The summed E-state index contributed by atoms with van der Waals surface area (Å²) in [4.78, 5) is 11.8. The molecule has 0 bridgehead atoms. The van der Waals surface area contributed by atoms with Crippen LogP contribution >= 0.6 is 0 Å². The fraction of sp³-hybridized carbons (Fsp3) is 0.533. The van der Waals surface area contributed by atoms with Gasteiger partial charge in [0.15, 0.2) is 0 Å². The van der Waals surface area contributed by atoms with Crippen molar-refractivity contribution < 1.29 is 4.79 Å². The first-order chi connectivity index (χ1) is 7.58. The van der Waals surface area contributed by atoms with Crippen LogP contribution in [0.25, 0.3) is 0 Å². The Balaban J connectivity index is 2.36. The number of carbonyl (C=O) groups excluding carboxylic acids is 1. The summed E-state index contributed by atoms with van der Waals surface area (Å²) in [6.45, 7) is 6.20. The number of carbonyl (C=O) groups is 1. The first kappa shape index (κ1) is 11.4. The number of rotatable bonds is 4. The van der Waals surface area contributed by atoms with Crippen LogP contribution in [-0.4, -0.2) is 5.78 Å². The van der Waals surface area contributed by atoms with E-state index in [1.54, 1.807) is 6.92 Å². The monoisotopic (exact) mass is 216 g/mol. The molecule has 1 aliphatic carbocycles. The Hall–Kier alpha value is -1.11. The van der Waals surface area contributed by atoms with Gasteiger partial charge in [-0.15, -0.1) is 0 Å². The smallest absolute Gasteiger partial charge is 0.136 e. The lowest BCUT2D eigenvalue weighted by Gasteiger charge is -2.29. The van der Waals surface area contributed by atoms with Gasteiger partial charge in [0.2, 0.25) is 0 Å². The Bertz CT molecular complexity index is 374. The Morgan fingerprint density at radius 2 is 1.75 bits per heavy atom. The van der Waals surface area contributed by atoms with E-state index in [0.717, 1.165) is 12.8 Å². The average molecular weight is 216 g/mol. The van der Waals surface area contributed by atoms with Crippen molar-refractivity contribution in [3.63, 3.8) is 0 Å². The number of Topliss-reactive ketones (excluding diaryl/α,β-unsaturated/α-hetero) is 1. The summed E-state index contributed by atoms with van der Waals surface area (Å²) in [7, 11) is 0. The second kappa shape index (κ2) is 4.04. The highest BCUT2D eigenvalue weighted by Crippen LogP contribution is 2.59. The van der Waals surface area contributed by atoms with Crippen LogP contribution in [0.5, 0.6) is 0 Å². The van der Waals surface area contributed by atoms with E-state index in [1.165, 1.54) is 5.56 Å². The minimum absolute atomic E-state index is 0.0461. The topological polar surface area (TPSA) is 17.1 Å². The molecule has 0 heterocycles. The van der Waals surface area contributed by atoms with E-state index in [1.807, 2.05) is 6.07 Å². The second-order valence-electron chi connectivity index (χ2n) is 5.34. The van der Waals surface area contributed by atoms with Crippen molar-refractivity contribution in [1.82, 2.24) is 0 Å². The molecule has 1 atom stereocenters. The van der Waals surface area contributed by atoms with Gasteiger partial charge < -0.3 is 0 Å². The maximum Gasteiger partial charge on any atom is 0.136 e. The standard InChI is InChI=1S/C15H20O/c1-11(2)14(13-7-5-4-6-8-13)15(9-10-15)12(3)16/h4-8,11,14H,9-10H2,1-3H3. The van der Waals surface area contributed by atoms with Crippen molar-refractivity contribution in [2.24, 2.45) is 11.3 Å². The summed E-state index contributed by atoms with van der Waals surface area (Å²) >= 11 is 0. The third-order valence-electron chi connectivity index (χ3n) is 3.91. The summed E-state index contributed by atoms with van der Waals surface area (Å²) in [5.74, 6) is 1.29. The molecule has 1 aromatic carbocycles. The fourth-order valence-corrected chi connectivity index (χ4v) is 3.02. The van der Waals surface area contributed by atoms with E-state index >= 15 is 0 Å².